The Kier molecular flexibility index (Phi) is 13.8. The monoisotopic (exact) mass is 530 g/mol. The number of sulfone groups is 1. The van der Waals surface area contributed by atoms with Crippen molar-refractivity contribution in [2.45, 2.75) is 61.2 Å². The van der Waals surface area contributed by atoms with Crippen molar-refractivity contribution in [3.05, 3.63) is 73.3 Å². The Morgan fingerprint density at radius 2 is 1.17 bits per heavy atom. The Hall–Kier alpha value is -2.33. The van der Waals surface area contributed by atoms with Gasteiger partial charge in [-0.3, -0.25) is 9.59 Å². The molecule has 0 saturated heterocycles. The molecule has 0 aliphatic carbocycles. The maximum absolute atomic E-state index is 14.2. The minimum Gasteiger partial charge on any atom is -1.00 e. The van der Waals surface area contributed by atoms with E-state index in [1.165, 1.54) is 0 Å². The average molecular weight is 531 g/mol. The summed E-state index contributed by atoms with van der Waals surface area (Å²) in [5.41, 5.74) is 0. The van der Waals surface area contributed by atoms with Crippen molar-refractivity contribution in [1.82, 2.24) is 0 Å². The van der Waals surface area contributed by atoms with Crippen molar-refractivity contribution in [2.75, 3.05) is 0 Å². The van der Waals surface area contributed by atoms with E-state index in [4.69, 9.17) is 9.47 Å². The van der Waals surface area contributed by atoms with Gasteiger partial charge >= 0.3 is 41.5 Å². The first kappa shape index (κ1) is 31.7. The van der Waals surface area contributed by atoms with Crippen LogP contribution in [-0.2, 0) is 19.4 Å². The van der Waals surface area contributed by atoms with Crippen LogP contribution in [0.3, 0.4) is 0 Å². The number of halogens is 2. The molecule has 0 amide bonds. The van der Waals surface area contributed by atoms with E-state index in [1.54, 1.807) is 12.2 Å². The van der Waals surface area contributed by atoms with Crippen LogP contribution in [0.2, 0.25) is 0 Å². The Balaban J connectivity index is 0.00000648. The number of benzene rings is 2. The van der Waals surface area contributed by atoms with Crippen molar-refractivity contribution >= 4 is 21.8 Å². The molecule has 6 nitrogen and oxygen atoms in total. The van der Waals surface area contributed by atoms with Gasteiger partial charge in [-0.1, -0.05) is 12.2 Å². The van der Waals surface area contributed by atoms with Gasteiger partial charge in [0.2, 0.25) is 9.84 Å². The van der Waals surface area contributed by atoms with Crippen LogP contribution in [0.1, 0.15) is 52.8 Å². The van der Waals surface area contributed by atoms with Crippen molar-refractivity contribution in [2.24, 2.45) is 0 Å². The van der Waals surface area contributed by atoms with Gasteiger partial charge in [0, 0.05) is 25.0 Å². The van der Waals surface area contributed by atoms with Crippen LogP contribution in [-0.4, -0.2) is 20.4 Å². The number of carbonyl (C=O) groups is 2. The van der Waals surface area contributed by atoms with Gasteiger partial charge in [0.1, 0.15) is 0 Å². The van der Waals surface area contributed by atoms with Crippen LogP contribution in [0, 0.1) is 11.6 Å². The average Bonchev–Trinajstić information content (AvgIpc) is 2.82. The number of hydrogen-bond acceptors (Lipinski definition) is 6. The summed E-state index contributed by atoms with van der Waals surface area (Å²) in [6.45, 7) is 7.17. The Bertz CT molecular complexity index is 1100. The molecular weight excluding hydrogens is 501 g/mol. The number of esters is 2. The molecule has 0 N–H and O–H groups in total. The third-order valence-corrected chi connectivity index (χ3v) is 6.70. The SMILES string of the molecule is C=CCCCCC(=O)Oc1cc(S(=O)(=O)c2ccc(F)c(OC(=O)CCCCC=C)c2)ccc1F.[H-].[Na+]. The van der Waals surface area contributed by atoms with Crippen LogP contribution in [0.15, 0.2) is 71.5 Å². The van der Waals surface area contributed by atoms with Crippen molar-refractivity contribution in [1.29, 1.82) is 0 Å². The van der Waals surface area contributed by atoms with Crippen molar-refractivity contribution in [3.63, 3.8) is 0 Å². The second kappa shape index (κ2) is 15.7. The standard InChI is InChI=1S/C26H28F2O6S.Na.H/c1-3-5-7-9-11-25(29)33-23-17-19(13-15-21(23)27)35(31,32)20-14-16-22(28)24(18-20)34-26(30)12-10-8-6-4-2;;/h3-4,13-18H,1-2,5-12H2;;/q;+1;-1. The predicted octanol–water partition coefficient (Wildman–Crippen LogP) is 3.22. The largest absolute Gasteiger partial charge is 1.00 e. The Morgan fingerprint density at radius 1 is 0.778 bits per heavy atom. The summed E-state index contributed by atoms with van der Waals surface area (Å²) in [6, 6.07) is 5.51. The summed E-state index contributed by atoms with van der Waals surface area (Å²) in [5, 5.41) is 0. The van der Waals surface area contributed by atoms with E-state index in [-0.39, 0.29) is 53.6 Å². The third kappa shape index (κ3) is 9.61. The van der Waals surface area contributed by atoms with Gasteiger partial charge in [0.25, 0.3) is 0 Å². The molecule has 0 saturated carbocycles. The Labute approximate surface area is 234 Å². The zero-order valence-corrected chi connectivity index (χ0v) is 23.1. The van der Waals surface area contributed by atoms with E-state index in [0.717, 1.165) is 49.2 Å². The van der Waals surface area contributed by atoms with Crippen LogP contribution < -0.4 is 39.0 Å². The second-order valence-electron chi connectivity index (χ2n) is 7.70. The molecule has 0 unspecified atom stereocenters. The van der Waals surface area contributed by atoms with Crippen molar-refractivity contribution in [3.8, 4) is 11.5 Å². The molecule has 0 atom stereocenters. The smallest absolute Gasteiger partial charge is 1.00 e. The van der Waals surface area contributed by atoms with E-state index in [9.17, 15) is 26.8 Å². The molecule has 2 rings (SSSR count). The quantitative estimate of drug-likeness (QED) is 0.0931. The zero-order chi connectivity index (χ0) is 25.8. The summed E-state index contributed by atoms with van der Waals surface area (Å²) >= 11 is 0. The minimum absolute atomic E-state index is 0. The van der Waals surface area contributed by atoms with Gasteiger partial charge in [0.05, 0.1) is 9.79 Å². The Morgan fingerprint density at radius 3 is 1.53 bits per heavy atom. The fourth-order valence-corrected chi connectivity index (χ4v) is 4.35. The molecule has 0 bridgehead atoms. The zero-order valence-electron chi connectivity index (χ0n) is 21.3. The third-order valence-electron chi connectivity index (χ3n) is 4.95. The van der Waals surface area contributed by atoms with Crippen LogP contribution in [0.4, 0.5) is 8.78 Å². The summed E-state index contributed by atoms with van der Waals surface area (Å²) in [5.74, 6) is -4.29. The van der Waals surface area contributed by atoms with Gasteiger partial charge in [-0.05, 0) is 62.8 Å². The fraction of sp³-hybridized carbons (Fsp3) is 0.308. The van der Waals surface area contributed by atoms with Crippen LogP contribution in [0.5, 0.6) is 11.5 Å². The summed E-state index contributed by atoms with van der Waals surface area (Å²) in [4.78, 5) is 23.2. The molecule has 0 aliphatic heterocycles. The first-order valence-corrected chi connectivity index (χ1v) is 12.6. The molecule has 2 aromatic carbocycles. The number of carbonyl (C=O) groups excluding carboxylic acids is 2. The maximum Gasteiger partial charge on any atom is 1.00 e. The minimum atomic E-state index is -4.28. The molecule has 0 aromatic heterocycles. The van der Waals surface area contributed by atoms with Crippen molar-refractivity contribution < 1.29 is 67.2 Å². The van der Waals surface area contributed by atoms with E-state index in [2.05, 4.69) is 13.2 Å². The normalized spacial score (nSPS) is 10.7. The van der Waals surface area contributed by atoms with Gasteiger partial charge in [-0.15, -0.1) is 13.2 Å². The number of hydrogen-bond donors (Lipinski definition) is 0. The fourth-order valence-electron chi connectivity index (χ4n) is 3.06. The summed E-state index contributed by atoms with van der Waals surface area (Å²) in [6.07, 6.45) is 7.38. The molecule has 2 aromatic rings. The molecule has 0 spiro atoms. The summed E-state index contributed by atoms with van der Waals surface area (Å²) in [7, 11) is -4.28. The van der Waals surface area contributed by atoms with Crippen LogP contribution >= 0.6 is 0 Å². The van der Waals surface area contributed by atoms with Gasteiger partial charge in [-0.25, -0.2) is 17.2 Å². The number of unbranched alkanes of at least 4 members (excludes halogenated alkanes) is 4. The van der Waals surface area contributed by atoms with E-state index >= 15 is 0 Å². The van der Waals surface area contributed by atoms with Gasteiger partial charge in [0.15, 0.2) is 23.1 Å². The van der Waals surface area contributed by atoms with Gasteiger partial charge in [-0.2, -0.15) is 0 Å². The summed E-state index contributed by atoms with van der Waals surface area (Å²) < 4.78 is 64.5. The van der Waals surface area contributed by atoms with E-state index in [0.29, 0.717) is 25.7 Å². The first-order chi connectivity index (χ1) is 16.7. The predicted molar refractivity (Wildman–Crippen MR) is 128 cm³/mol. The maximum atomic E-state index is 14.2. The molecule has 36 heavy (non-hydrogen) atoms. The molecule has 0 fully saturated rings. The molecule has 10 heteroatoms. The molecular formula is C26H29F2NaO6S. The van der Waals surface area contributed by atoms with Crippen LogP contribution in [0.25, 0.3) is 0 Å². The topological polar surface area (TPSA) is 86.7 Å². The molecule has 190 valence electrons. The molecule has 0 aliphatic rings. The molecule has 0 radical (unpaired) electrons. The number of ether oxygens (including phenoxy) is 2. The molecule has 0 heterocycles. The van der Waals surface area contributed by atoms with Gasteiger partial charge < -0.3 is 10.9 Å². The van der Waals surface area contributed by atoms with E-state index < -0.39 is 44.9 Å². The number of allylic oxidation sites excluding steroid dienone is 2. The second-order valence-corrected chi connectivity index (χ2v) is 9.65. The number of rotatable bonds is 14. The first-order valence-electron chi connectivity index (χ1n) is 11.2. The van der Waals surface area contributed by atoms with E-state index in [1.807, 2.05) is 0 Å².